The van der Waals surface area contributed by atoms with Crippen molar-refractivity contribution in [1.29, 1.82) is 0 Å². The molecule has 0 spiro atoms. The van der Waals surface area contributed by atoms with Gasteiger partial charge in [0.25, 0.3) is 10.0 Å². The summed E-state index contributed by atoms with van der Waals surface area (Å²) >= 11 is 6.11. The van der Waals surface area contributed by atoms with Gasteiger partial charge in [0.05, 0.1) is 35.4 Å². The van der Waals surface area contributed by atoms with Gasteiger partial charge in [0.1, 0.15) is 12.4 Å². The summed E-state index contributed by atoms with van der Waals surface area (Å²) in [7, 11) is -2.06. The van der Waals surface area contributed by atoms with Gasteiger partial charge >= 0.3 is 11.9 Å². The molecule has 7 nitrogen and oxygen atoms in total. The number of hydrogen-bond acceptors (Lipinski definition) is 6. The van der Waals surface area contributed by atoms with E-state index in [0.29, 0.717) is 4.31 Å². The number of carbonyl (C=O) groups excluding carboxylic acids is 2. The largest absolute Gasteiger partial charge is 0.468 e. The quantitative estimate of drug-likeness (QED) is 0.674. The molecular formula is C17H15ClFNO6S. The van der Waals surface area contributed by atoms with Crippen LogP contribution >= 0.6 is 11.6 Å². The predicted octanol–water partition coefficient (Wildman–Crippen LogP) is 2.63. The fraction of sp³-hybridized carbons (Fsp3) is 0.176. The van der Waals surface area contributed by atoms with E-state index < -0.39 is 34.3 Å². The van der Waals surface area contributed by atoms with E-state index in [1.165, 1.54) is 18.2 Å². The Balaban J connectivity index is 2.63. The Morgan fingerprint density at radius 2 is 1.70 bits per heavy atom. The van der Waals surface area contributed by atoms with Gasteiger partial charge in [-0.3, -0.25) is 9.10 Å². The van der Waals surface area contributed by atoms with E-state index >= 15 is 0 Å². The van der Waals surface area contributed by atoms with Gasteiger partial charge in [-0.2, -0.15) is 0 Å². The average Bonchev–Trinajstić information content (AvgIpc) is 2.66. The third-order valence-corrected chi connectivity index (χ3v) is 5.63. The number of carbonyl (C=O) groups is 2. The highest BCUT2D eigenvalue weighted by atomic mass is 35.5. The molecule has 27 heavy (non-hydrogen) atoms. The first-order valence-electron chi connectivity index (χ1n) is 7.43. The molecule has 0 heterocycles. The highest BCUT2D eigenvalue weighted by Crippen LogP contribution is 2.32. The summed E-state index contributed by atoms with van der Waals surface area (Å²) < 4.78 is 49.0. The predicted molar refractivity (Wildman–Crippen MR) is 95.7 cm³/mol. The SMILES string of the molecule is COC(=O)CN(c1cc(C(=O)OC)ccc1Cl)S(=O)(=O)c1ccc(F)cc1. The van der Waals surface area contributed by atoms with Crippen molar-refractivity contribution in [2.75, 3.05) is 25.1 Å². The molecule has 0 saturated carbocycles. The number of sulfonamides is 1. The van der Waals surface area contributed by atoms with Crippen LogP contribution in [0.2, 0.25) is 5.02 Å². The monoisotopic (exact) mass is 415 g/mol. The second kappa shape index (κ2) is 8.36. The van der Waals surface area contributed by atoms with E-state index in [4.69, 9.17) is 11.6 Å². The molecular weight excluding hydrogens is 401 g/mol. The highest BCUT2D eigenvalue weighted by molar-refractivity contribution is 7.92. The number of rotatable bonds is 6. The fourth-order valence-corrected chi connectivity index (χ4v) is 3.85. The molecule has 0 fully saturated rings. The molecule has 10 heteroatoms. The smallest absolute Gasteiger partial charge is 0.337 e. The molecule has 0 radical (unpaired) electrons. The first-order chi connectivity index (χ1) is 12.7. The molecule has 0 N–H and O–H groups in total. The maximum Gasteiger partial charge on any atom is 0.337 e. The van der Waals surface area contributed by atoms with Crippen LogP contribution in [-0.2, 0) is 24.3 Å². The molecule has 0 bridgehead atoms. The number of ether oxygens (including phenoxy) is 2. The van der Waals surface area contributed by atoms with Crippen LogP contribution in [0.4, 0.5) is 10.1 Å². The molecule has 0 aliphatic carbocycles. The second-order valence-electron chi connectivity index (χ2n) is 5.20. The molecule has 0 unspecified atom stereocenters. The molecule has 2 aromatic rings. The van der Waals surface area contributed by atoms with Crippen LogP contribution < -0.4 is 4.31 Å². The minimum absolute atomic E-state index is 0.0288. The van der Waals surface area contributed by atoms with E-state index in [-0.39, 0.29) is 21.2 Å². The molecule has 0 aliphatic heterocycles. The van der Waals surface area contributed by atoms with E-state index in [0.717, 1.165) is 38.5 Å². The molecule has 2 aromatic carbocycles. The van der Waals surface area contributed by atoms with Crippen LogP contribution in [0.15, 0.2) is 47.4 Å². The summed E-state index contributed by atoms with van der Waals surface area (Å²) in [5, 5.41) is -0.0303. The van der Waals surface area contributed by atoms with Crippen molar-refractivity contribution < 1.29 is 31.9 Å². The Morgan fingerprint density at radius 3 is 2.26 bits per heavy atom. The summed E-state index contributed by atoms with van der Waals surface area (Å²) in [6, 6.07) is 7.86. The minimum atomic E-state index is -4.32. The van der Waals surface area contributed by atoms with Crippen molar-refractivity contribution in [3.05, 3.63) is 58.9 Å². The first-order valence-corrected chi connectivity index (χ1v) is 9.25. The van der Waals surface area contributed by atoms with Crippen LogP contribution in [0.3, 0.4) is 0 Å². The Morgan fingerprint density at radius 1 is 1.07 bits per heavy atom. The number of esters is 2. The lowest BCUT2D eigenvalue weighted by Gasteiger charge is -2.24. The van der Waals surface area contributed by atoms with Crippen molar-refractivity contribution in [3.8, 4) is 0 Å². The number of nitrogens with zero attached hydrogens (tertiary/aromatic N) is 1. The van der Waals surface area contributed by atoms with Gasteiger partial charge in [0.2, 0.25) is 0 Å². The molecule has 0 aliphatic rings. The van der Waals surface area contributed by atoms with E-state index in [9.17, 15) is 22.4 Å². The Labute approximate surface area is 160 Å². The van der Waals surface area contributed by atoms with Crippen LogP contribution in [0.5, 0.6) is 0 Å². The van der Waals surface area contributed by atoms with Gasteiger partial charge in [-0.15, -0.1) is 0 Å². The molecule has 0 amide bonds. The first kappa shape index (κ1) is 20.7. The molecule has 2 rings (SSSR count). The molecule has 0 aromatic heterocycles. The van der Waals surface area contributed by atoms with Crippen molar-refractivity contribution in [2.45, 2.75) is 4.90 Å². The lowest BCUT2D eigenvalue weighted by atomic mass is 10.2. The topological polar surface area (TPSA) is 90.0 Å². The van der Waals surface area contributed by atoms with E-state index in [2.05, 4.69) is 9.47 Å². The van der Waals surface area contributed by atoms with Gasteiger partial charge in [0, 0.05) is 0 Å². The number of methoxy groups -OCH3 is 2. The van der Waals surface area contributed by atoms with Crippen LogP contribution in [0, 0.1) is 5.82 Å². The van der Waals surface area contributed by atoms with E-state index in [1.54, 1.807) is 0 Å². The van der Waals surface area contributed by atoms with Gasteiger partial charge in [-0.1, -0.05) is 11.6 Å². The zero-order chi connectivity index (χ0) is 20.2. The maximum absolute atomic E-state index is 13.2. The summed E-state index contributed by atoms with van der Waals surface area (Å²) in [4.78, 5) is 23.3. The van der Waals surface area contributed by atoms with Gasteiger partial charge in [0.15, 0.2) is 0 Å². The average molecular weight is 416 g/mol. The highest BCUT2D eigenvalue weighted by Gasteiger charge is 2.30. The number of benzene rings is 2. The van der Waals surface area contributed by atoms with Gasteiger partial charge in [-0.25, -0.2) is 17.6 Å². The van der Waals surface area contributed by atoms with Crippen molar-refractivity contribution in [2.24, 2.45) is 0 Å². The molecule has 0 atom stereocenters. The number of halogens is 2. The normalized spacial score (nSPS) is 11.0. The van der Waals surface area contributed by atoms with Crippen LogP contribution in [0.25, 0.3) is 0 Å². The van der Waals surface area contributed by atoms with Crippen molar-refractivity contribution in [3.63, 3.8) is 0 Å². The summed E-state index contributed by atoms with van der Waals surface area (Å²) in [6.45, 7) is -0.708. The van der Waals surface area contributed by atoms with Gasteiger partial charge < -0.3 is 9.47 Å². The number of hydrogen-bond donors (Lipinski definition) is 0. The maximum atomic E-state index is 13.2. The Hall–Kier alpha value is -2.65. The number of anilines is 1. The van der Waals surface area contributed by atoms with Gasteiger partial charge in [-0.05, 0) is 42.5 Å². The Bertz CT molecular complexity index is 962. The third kappa shape index (κ3) is 4.55. The fourth-order valence-electron chi connectivity index (χ4n) is 2.16. The lowest BCUT2D eigenvalue weighted by molar-refractivity contribution is -0.138. The van der Waals surface area contributed by atoms with Crippen molar-refractivity contribution in [1.82, 2.24) is 0 Å². The summed E-state index contributed by atoms with van der Waals surface area (Å²) in [5.74, 6) is -2.20. The van der Waals surface area contributed by atoms with Crippen LogP contribution in [-0.4, -0.2) is 41.1 Å². The molecule has 0 saturated heterocycles. The zero-order valence-corrected chi connectivity index (χ0v) is 15.9. The third-order valence-electron chi connectivity index (χ3n) is 3.54. The summed E-state index contributed by atoms with van der Waals surface area (Å²) in [6.07, 6.45) is 0. The lowest BCUT2D eigenvalue weighted by Crippen LogP contribution is -2.36. The molecule has 144 valence electrons. The van der Waals surface area contributed by atoms with E-state index in [1.807, 2.05) is 0 Å². The van der Waals surface area contributed by atoms with Crippen molar-refractivity contribution >= 4 is 39.3 Å². The van der Waals surface area contributed by atoms with Crippen LogP contribution in [0.1, 0.15) is 10.4 Å². The second-order valence-corrected chi connectivity index (χ2v) is 7.47. The Kier molecular flexibility index (Phi) is 6.40. The minimum Gasteiger partial charge on any atom is -0.468 e. The standard InChI is InChI=1S/C17H15ClFNO6S/c1-25-16(21)10-20(27(23,24)13-6-4-12(19)5-7-13)15-9-11(17(22)26-2)3-8-14(15)18/h3-9H,10H2,1-2H3. The zero-order valence-electron chi connectivity index (χ0n) is 14.3. The summed E-state index contributed by atoms with van der Waals surface area (Å²) in [5.41, 5.74) is -0.102.